The molecule has 0 saturated carbocycles. The molecule has 0 aliphatic carbocycles. The summed E-state index contributed by atoms with van der Waals surface area (Å²) in [4.78, 5) is 13.7. The highest BCUT2D eigenvalue weighted by Crippen LogP contribution is 2.11. The van der Waals surface area contributed by atoms with Crippen LogP contribution < -0.4 is 5.32 Å². The van der Waals surface area contributed by atoms with Crippen molar-refractivity contribution in [1.29, 1.82) is 0 Å². The Kier molecular flexibility index (Phi) is 3.78. The minimum atomic E-state index is 0.202. The first-order valence-corrected chi connectivity index (χ1v) is 6.10. The van der Waals surface area contributed by atoms with Gasteiger partial charge >= 0.3 is 0 Å². The quantitative estimate of drug-likeness (QED) is 0.829. The normalized spacial score (nSPS) is 19.5. The van der Waals surface area contributed by atoms with E-state index >= 15 is 0 Å². The fourth-order valence-corrected chi connectivity index (χ4v) is 2.21. The molecule has 1 aromatic heterocycles. The van der Waals surface area contributed by atoms with Crippen LogP contribution in [0.3, 0.4) is 0 Å². The van der Waals surface area contributed by atoms with Crippen LogP contribution in [0.15, 0.2) is 12.4 Å². The number of hydrogen-bond donors (Lipinski definition) is 1. The third-order valence-electron chi connectivity index (χ3n) is 3.19. The van der Waals surface area contributed by atoms with Gasteiger partial charge in [0.1, 0.15) is 0 Å². The van der Waals surface area contributed by atoms with E-state index in [1.807, 2.05) is 20.3 Å². The summed E-state index contributed by atoms with van der Waals surface area (Å²) in [5, 5.41) is 7.45. The molecule has 1 fully saturated rings. The standard InChI is InChI=1S/C12H20N4O/c1-15(8-10-7-14-16(2)9-10)12(17)6-11-4-3-5-13-11/h7,9,11,13H,3-6,8H2,1-2H3. The minimum Gasteiger partial charge on any atom is -0.341 e. The number of nitrogens with zero attached hydrogens (tertiary/aromatic N) is 3. The van der Waals surface area contributed by atoms with E-state index in [0.717, 1.165) is 18.5 Å². The number of nitrogens with one attached hydrogen (secondary N) is 1. The van der Waals surface area contributed by atoms with Crippen molar-refractivity contribution in [2.24, 2.45) is 7.05 Å². The third-order valence-corrected chi connectivity index (χ3v) is 3.19. The lowest BCUT2D eigenvalue weighted by atomic mass is 10.1. The molecule has 1 N–H and O–H groups in total. The smallest absolute Gasteiger partial charge is 0.224 e. The van der Waals surface area contributed by atoms with Gasteiger partial charge in [-0.2, -0.15) is 5.10 Å². The van der Waals surface area contributed by atoms with Crippen molar-refractivity contribution >= 4 is 5.91 Å². The molecule has 0 radical (unpaired) electrons. The maximum atomic E-state index is 12.0. The van der Waals surface area contributed by atoms with Crippen LogP contribution in [0.2, 0.25) is 0 Å². The number of rotatable bonds is 4. The Labute approximate surface area is 102 Å². The van der Waals surface area contributed by atoms with Crippen molar-refractivity contribution in [1.82, 2.24) is 20.0 Å². The molecule has 2 rings (SSSR count). The molecule has 0 aromatic carbocycles. The molecular weight excluding hydrogens is 216 g/mol. The number of aromatic nitrogens is 2. The van der Waals surface area contributed by atoms with E-state index in [2.05, 4.69) is 10.4 Å². The fraction of sp³-hybridized carbons (Fsp3) is 0.667. The molecule has 1 aliphatic heterocycles. The zero-order valence-corrected chi connectivity index (χ0v) is 10.5. The van der Waals surface area contributed by atoms with Gasteiger partial charge in [-0.25, -0.2) is 0 Å². The maximum Gasteiger partial charge on any atom is 0.224 e. The Morgan fingerprint density at radius 1 is 1.71 bits per heavy atom. The van der Waals surface area contributed by atoms with Crippen molar-refractivity contribution in [3.8, 4) is 0 Å². The molecule has 94 valence electrons. The lowest BCUT2D eigenvalue weighted by Crippen LogP contribution is -2.33. The SMILES string of the molecule is CN(Cc1cnn(C)c1)C(=O)CC1CCCN1. The molecule has 1 aromatic rings. The van der Waals surface area contributed by atoms with Crippen LogP contribution in [0.25, 0.3) is 0 Å². The zero-order valence-electron chi connectivity index (χ0n) is 10.5. The summed E-state index contributed by atoms with van der Waals surface area (Å²) in [6.45, 7) is 1.68. The predicted molar refractivity (Wildman–Crippen MR) is 65.3 cm³/mol. The highest BCUT2D eigenvalue weighted by molar-refractivity contribution is 5.76. The van der Waals surface area contributed by atoms with E-state index in [0.29, 0.717) is 19.0 Å². The average Bonchev–Trinajstić information content (AvgIpc) is 2.90. The van der Waals surface area contributed by atoms with E-state index in [1.165, 1.54) is 6.42 Å². The second-order valence-corrected chi connectivity index (χ2v) is 4.77. The van der Waals surface area contributed by atoms with Crippen LogP contribution in [0.4, 0.5) is 0 Å². The van der Waals surface area contributed by atoms with Crippen LogP contribution in [0, 0.1) is 0 Å². The van der Waals surface area contributed by atoms with Crippen molar-refractivity contribution in [2.75, 3.05) is 13.6 Å². The van der Waals surface area contributed by atoms with Crippen LogP contribution in [-0.4, -0.2) is 40.2 Å². The number of aryl methyl sites for hydroxylation is 1. The number of amides is 1. The Bertz CT molecular complexity index is 382. The van der Waals surface area contributed by atoms with Crippen molar-refractivity contribution < 1.29 is 4.79 Å². The fourth-order valence-electron chi connectivity index (χ4n) is 2.21. The molecule has 5 heteroatoms. The first kappa shape index (κ1) is 12.1. The molecule has 1 amide bonds. The average molecular weight is 236 g/mol. The van der Waals surface area contributed by atoms with E-state index in [4.69, 9.17) is 0 Å². The van der Waals surface area contributed by atoms with Gasteiger partial charge in [0, 0.05) is 44.9 Å². The third kappa shape index (κ3) is 3.30. The van der Waals surface area contributed by atoms with Gasteiger partial charge in [-0.15, -0.1) is 0 Å². The van der Waals surface area contributed by atoms with E-state index in [1.54, 1.807) is 15.8 Å². The second kappa shape index (κ2) is 5.31. The van der Waals surface area contributed by atoms with Crippen LogP contribution in [0.1, 0.15) is 24.8 Å². The van der Waals surface area contributed by atoms with Gasteiger partial charge < -0.3 is 10.2 Å². The molecular formula is C12H20N4O. The Morgan fingerprint density at radius 2 is 2.53 bits per heavy atom. The van der Waals surface area contributed by atoms with E-state index in [9.17, 15) is 4.79 Å². The monoisotopic (exact) mass is 236 g/mol. The Balaban J connectivity index is 1.82. The number of hydrogen-bond acceptors (Lipinski definition) is 3. The summed E-state index contributed by atoms with van der Waals surface area (Å²) in [7, 11) is 3.73. The summed E-state index contributed by atoms with van der Waals surface area (Å²) in [5.41, 5.74) is 1.07. The van der Waals surface area contributed by atoms with Gasteiger partial charge in [0.2, 0.25) is 5.91 Å². The van der Waals surface area contributed by atoms with Gasteiger partial charge in [-0.1, -0.05) is 0 Å². The summed E-state index contributed by atoms with van der Waals surface area (Å²) >= 11 is 0. The molecule has 1 aliphatic rings. The van der Waals surface area contributed by atoms with Crippen molar-refractivity contribution in [2.45, 2.75) is 31.8 Å². The van der Waals surface area contributed by atoms with Crippen molar-refractivity contribution in [3.63, 3.8) is 0 Å². The van der Waals surface area contributed by atoms with Gasteiger partial charge in [0.15, 0.2) is 0 Å². The molecule has 1 unspecified atom stereocenters. The molecule has 0 bridgehead atoms. The first-order chi connectivity index (χ1) is 8.15. The highest BCUT2D eigenvalue weighted by Gasteiger charge is 2.19. The van der Waals surface area contributed by atoms with E-state index in [-0.39, 0.29) is 5.91 Å². The number of carbonyl (C=O) groups is 1. The first-order valence-electron chi connectivity index (χ1n) is 6.10. The molecule has 1 saturated heterocycles. The summed E-state index contributed by atoms with van der Waals surface area (Å²) < 4.78 is 1.76. The van der Waals surface area contributed by atoms with Crippen LogP contribution in [0.5, 0.6) is 0 Å². The van der Waals surface area contributed by atoms with Gasteiger partial charge in [-0.05, 0) is 19.4 Å². The van der Waals surface area contributed by atoms with Gasteiger partial charge in [-0.3, -0.25) is 9.48 Å². The molecule has 2 heterocycles. The second-order valence-electron chi connectivity index (χ2n) is 4.77. The lowest BCUT2D eigenvalue weighted by molar-refractivity contribution is -0.130. The highest BCUT2D eigenvalue weighted by atomic mass is 16.2. The number of carbonyl (C=O) groups excluding carboxylic acids is 1. The Hall–Kier alpha value is -1.36. The van der Waals surface area contributed by atoms with Crippen LogP contribution in [-0.2, 0) is 18.4 Å². The molecule has 17 heavy (non-hydrogen) atoms. The molecule has 1 atom stereocenters. The summed E-state index contributed by atoms with van der Waals surface area (Å²) in [6, 6.07) is 0.374. The Morgan fingerprint density at radius 3 is 3.12 bits per heavy atom. The minimum absolute atomic E-state index is 0.202. The zero-order chi connectivity index (χ0) is 12.3. The van der Waals surface area contributed by atoms with Gasteiger partial charge in [0.25, 0.3) is 0 Å². The summed E-state index contributed by atoms with van der Waals surface area (Å²) in [5.74, 6) is 0.202. The predicted octanol–water partition coefficient (Wildman–Crippen LogP) is 0.521. The van der Waals surface area contributed by atoms with E-state index < -0.39 is 0 Å². The molecule has 5 nitrogen and oxygen atoms in total. The summed E-state index contributed by atoms with van der Waals surface area (Å²) in [6.07, 6.45) is 6.66. The molecule has 0 spiro atoms. The van der Waals surface area contributed by atoms with Crippen LogP contribution >= 0.6 is 0 Å². The topological polar surface area (TPSA) is 50.2 Å². The largest absolute Gasteiger partial charge is 0.341 e. The lowest BCUT2D eigenvalue weighted by Gasteiger charge is -2.18. The van der Waals surface area contributed by atoms with Gasteiger partial charge in [0.05, 0.1) is 6.20 Å². The maximum absolute atomic E-state index is 12.0. The van der Waals surface area contributed by atoms with Crippen molar-refractivity contribution in [3.05, 3.63) is 18.0 Å².